The van der Waals surface area contributed by atoms with Crippen LogP contribution in [0.4, 0.5) is 9.59 Å². The Labute approximate surface area is 409 Å². The monoisotopic (exact) mass is 966 g/mol. The molecule has 0 bridgehead atoms. The fourth-order valence-corrected chi connectivity index (χ4v) is 13.9. The number of rotatable bonds is 18. The molecule has 4 saturated carbocycles. The zero-order valence-corrected chi connectivity index (χ0v) is 43.1. The van der Waals surface area contributed by atoms with Gasteiger partial charge < -0.3 is 28.4 Å². The highest BCUT2D eigenvalue weighted by molar-refractivity contribution is 6.33. The third-order valence-corrected chi connectivity index (χ3v) is 17.1. The molecule has 9 atom stereocenters. The molecule has 0 saturated heterocycles. The first-order chi connectivity index (χ1) is 32.0. The van der Waals surface area contributed by atoms with Crippen molar-refractivity contribution in [3.8, 4) is 11.5 Å². The lowest BCUT2D eigenvalue weighted by Crippen LogP contribution is -2.53. The second-order valence-electron chi connectivity index (χ2n) is 20.7. The average molecular weight is 968 g/mol. The van der Waals surface area contributed by atoms with Crippen LogP contribution in [0.3, 0.4) is 0 Å². The van der Waals surface area contributed by atoms with E-state index in [9.17, 15) is 19.2 Å². The normalized spacial score (nSPS) is 26.9. The van der Waals surface area contributed by atoms with Gasteiger partial charge in [0.25, 0.3) is 0 Å². The van der Waals surface area contributed by atoms with Crippen molar-refractivity contribution in [1.82, 2.24) is 0 Å². The summed E-state index contributed by atoms with van der Waals surface area (Å²) < 4.78 is 31.7. The van der Waals surface area contributed by atoms with Gasteiger partial charge in [0.05, 0.1) is 36.5 Å². The van der Waals surface area contributed by atoms with Gasteiger partial charge in [-0.05, 0) is 197 Å². The first kappa shape index (κ1) is 52.6. The van der Waals surface area contributed by atoms with Crippen molar-refractivity contribution in [1.29, 1.82) is 0 Å². The van der Waals surface area contributed by atoms with E-state index in [0.29, 0.717) is 45.8 Å². The molecule has 0 amide bonds. The van der Waals surface area contributed by atoms with E-state index >= 15 is 0 Å². The summed E-state index contributed by atoms with van der Waals surface area (Å²) in [5.41, 5.74) is 2.23. The maximum Gasteiger partial charge on any atom is 0.513 e. The molecule has 2 aromatic carbocycles. The summed E-state index contributed by atoms with van der Waals surface area (Å²) >= 11 is 13.7. The lowest BCUT2D eigenvalue weighted by atomic mass is 9.44. The first-order valence-electron chi connectivity index (χ1n) is 25.4. The van der Waals surface area contributed by atoms with Crippen molar-refractivity contribution in [2.24, 2.45) is 58.2 Å². The molecule has 6 rings (SSSR count). The number of carbonyl (C=O) groups excluding carboxylic acids is 4. The number of fused-ring (bicyclic) bond motifs is 5. The molecule has 12 heteroatoms. The average Bonchev–Trinajstić information content (AvgIpc) is 3.64. The molecule has 10 nitrogen and oxygen atoms in total. The van der Waals surface area contributed by atoms with E-state index in [0.717, 1.165) is 41.9 Å². The van der Waals surface area contributed by atoms with Crippen LogP contribution in [0.5, 0.6) is 11.5 Å². The molecule has 0 heterocycles. The summed E-state index contributed by atoms with van der Waals surface area (Å²) in [5, 5.41) is -0.0686. The lowest BCUT2D eigenvalue weighted by Gasteiger charge is -2.61. The Kier molecular flexibility index (Phi) is 18.2. The summed E-state index contributed by atoms with van der Waals surface area (Å²) in [6.45, 7) is 19.4. The molecule has 4 fully saturated rings. The zero-order chi connectivity index (χ0) is 48.6. The number of halogens is 2. The van der Waals surface area contributed by atoms with Crippen LogP contribution in [0.1, 0.15) is 184 Å². The van der Waals surface area contributed by atoms with Crippen LogP contribution in [-0.2, 0) is 18.9 Å². The second-order valence-corrected chi connectivity index (χ2v) is 21.5. The van der Waals surface area contributed by atoms with Gasteiger partial charge in [0, 0.05) is 0 Å². The maximum atomic E-state index is 13.5. The van der Waals surface area contributed by atoms with Gasteiger partial charge in [0.15, 0.2) is 11.5 Å². The Balaban J connectivity index is 1.27. The van der Waals surface area contributed by atoms with Crippen LogP contribution < -0.4 is 9.47 Å². The van der Waals surface area contributed by atoms with Crippen LogP contribution >= 0.6 is 23.2 Å². The fraction of sp³-hybridized carbons (Fsp3) is 0.673. The van der Waals surface area contributed by atoms with Crippen LogP contribution in [0.25, 0.3) is 5.57 Å². The molecule has 2 unspecified atom stereocenters. The van der Waals surface area contributed by atoms with Gasteiger partial charge in [-0.15, -0.1) is 0 Å². The third kappa shape index (κ3) is 11.8. The molecule has 0 aliphatic heterocycles. The number of allylic oxidation sites excluding steroid dienone is 1. The van der Waals surface area contributed by atoms with Gasteiger partial charge in [-0.3, -0.25) is 0 Å². The highest BCUT2D eigenvalue weighted by atomic mass is 35.5. The van der Waals surface area contributed by atoms with E-state index in [-0.39, 0.29) is 59.1 Å². The minimum absolute atomic E-state index is 0.0343. The van der Waals surface area contributed by atoms with Crippen molar-refractivity contribution in [3.63, 3.8) is 0 Å². The Morgan fingerprint density at radius 1 is 0.672 bits per heavy atom. The van der Waals surface area contributed by atoms with E-state index in [4.69, 9.17) is 51.6 Å². The topological polar surface area (TPSA) is 124 Å². The largest absolute Gasteiger partial charge is 0.513 e. The highest BCUT2D eigenvalue weighted by Gasteiger charge is 2.60. The predicted molar refractivity (Wildman–Crippen MR) is 263 cm³/mol. The number of hydrogen-bond donors (Lipinski definition) is 0. The minimum Gasteiger partial charge on any atom is -0.462 e. The quantitative estimate of drug-likeness (QED) is 0.0810. The highest BCUT2D eigenvalue weighted by Crippen LogP contribution is 2.69. The van der Waals surface area contributed by atoms with Crippen molar-refractivity contribution < 1.29 is 47.6 Å². The van der Waals surface area contributed by atoms with Gasteiger partial charge in [0.2, 0.25) is 0 Å². The van der Waals surface area contributed by atoms with Gasteiger partial charge in [-0.2, -0.15) is 0 Å². The predicted octanol–water partition coefficient (Wildman–Crippen LogP) is 15.4. The Bertz CT molecular complexity index is 2020. The third-order valence-electron chi connectivity index (χ3n) is 16.5. The van der Waals surface area contributed by atoms with Crippen molar-refractivity contribution in [2.45, 2.75) is 152 Å². The van der Waals surface area contributed by atoms with E-state index in [1.807, 2.05) is 0 Å². The summed E-state index contributed by atoms with van der Waals surface area (Å²) in [4.78, 5) is 52.0. The number of carbonyl (C=O) groups is 4. The number of ether oxygens (including phenoxy) is 6. The summed E-state index contributed by atoms with van der Waals surface area (Å²) in [6.07, 6.45) is 17.6. The molecule has 0 N–H and O–H groups in total. The van der Waals surface area contributed by atoms with E-state index in [2.05, 4.69) is 40.7 Å². The SMILES string of the molecule is CCOC(=O)Oc1c(Cl)cc(C(=CCCC2CC[C@@]3(C)C(CC[C@H]4[C@@H]5CC[C@H]([C@H](C)CCCC(C)C)[C@@]5(C)CC[C@@H]43)C2)c2cc(Cl)c(OC(=O)OCC)c(C(=O)OCC)c2)cc1C(=O)OCC. The molecule has 4 aliphatic carbocycles. The first-order valence-corrected chi connectivity index (χ1v) is 26.2. The fourth-order valence-electron chi connectivity index (χ4n) is 13.4. The minimum atomic E-state index is -1.02. The van der Waals surface area contributed by atoms with E-state index in [1.165, 1.54) is 77.0 Å². The molecule has 370 valence electrons. The number of benzene rings is 2. The summed E-state index contributed by atoms with van der Waals surface area (Å²) in [5.74, 6) is 4.27. The Morgan fingerprint density at radius 3 is 1.75 bits per heavy atom. The van der Waals surface area contributed by atoms with Gasteiger partial charge in [0.1, 0.15) is 11.1 Å². The standard InChI is InChI=1S/C55H76Cl2O10/c1-10-62-50(58)41-29-36(31-46(56)48(41)66-52(60)64-12-3)39(37-30-42(51(59)63-11-2)49(47(57)32-37)67-53(61)65-13-4)19-15-18-35-24-26-54(8)38(28-35)20-21-40-44-23-22-43(34(7)17-14-16-33(5)6)55(44,9)27-25-45(40)54/h19,29-35,38,40,43-45H,10-18,20-28H2,1-9H3/t34-,35?,38?,40+,43-,44+,45+,54+,55-/m1/s1. The zero-order valence-electron chi connectivity index (χ0n) is 41.6. The van der Waals surface area contributed by atoms with Crippen LogP contribution in [0.15, 0.2) is 30.3 Å². The number of hydrogen-bond acceptors (Lipinski definition) is 10. The molecular weight excluding hydrogens is 892 g/mol. The molecule has 2 aromatic rings. The van der Waals surface area contributed by atoms with Crippen molar-refractivity contribution in [2.75, 3.05) is 26.4 Å². The van der Waals surface area contributed by atoms with Crippen LogP contribution in [0.2, 0.25) is 10.0 Å². The Hall–Kier alpha value is -3.76. The molecule has 67 heavy (non-hydrogen) atoms. The molecule has 4 aliphatic rings. The summed E-state index contributed by atoms with van der Waals surface area (Å²) in [6, 6.07) is 6.27. The summed E-state index contributed by atoms with van der Waals surface area (Å²) in [7, 11) is 0. The van der Waals surface area contributed by atoms with Gasteiger partial charge in [-0.1, -0.05) is 83.2 Å². The van der Waals surface area contributed by atoms with E-state index < -0.39 is 24.2 Å². The van der Waals surface area contributed by atoms with Crippen molar-refractivity contribution >= 4 is 53.0 Å². The Morgan fingerprint density at radius 2 is 1.21 bits per heavy atom. The maximum absolute atomic E-state index is 13.5. The van der Waals surface area contributed by atoms with Gasteiger partial charge in [-0.25, -0.2) is 19.2 Å². The number of esters is 2. The molecule has 0 radical (unpaired) electrons. The second kappa shape index (κ2) is 23.2. The van der Waals surface area contributed by atoms with E-state index in [1.54, 1.807) is 52.0 Å². The van der Waals surface area contributed by atoms with Crippen LogP contribution in [-0.4, -0.2) is 50.7 Å². The molecule has 0 aromatic heterocycles. The van der Waals surface area contributed by atoms with Crippen LogP contribution in [0, 0.1) is 58.2 Å². The van der Waals surface area contributed by atoms with Gasteiger partial charge >= 0.3 is 24.2 Å². The van der Waals surface area contributed by atoms with Crippen molar-refractivity contribution in [3.05, 3.63) is 62.6 Å². The lowest BCUT2D eigenvalue weighted by molar-refractivity contribution is -0.121. The molecule has 0 spiro atoms. The smallest absolute Gasteiger partial charge is 0.462 e. The molecular formula is C55H76Cl2O10.